The molecule has 0 fully saturated rings. The van der Waals surface area contributed by atoms with Crippen LogP contribution >= 0.6 is 15.9 Å². The predicted molar refractivity (Wildman–Crippen MR) is 51.5 cm³/mol. The predicted octanol–water partition coefficient (Wildman–Crippen LogP) is 1.88. The SMILES string of the molecule is Cc1ccc(Br)c([C@H](O)C(=O)O)c1. The summed E-state index contributed by atoms with van der Waals surface area (Å²) in [6, 6.07) is 5.20. The molecule has 0 aliphatic carbocycles. The Morgan fingerprint density at radius 3 is 2.69 bits per heavy atom. The molecule has 0 amide bonds. The number of carboxylic acid groups (broad SMARTS) is 1. The molecule has 0 spiro atoms. The first-order chi connectivity index (χ1) is 6.02. The molecule has 0 aliphatic rings. The molecule has 1 aromatic carbocycles. The van der Waals surface area contributed by atoms with Gasteiger partial charge in [-0.05, 0) is 13.0 Å². The van der Waals surface area contributed by atoms with Crippen LogP contribution in [-0.4, -0.2) is 16.2 Å². The molecule has 0 radical (unpaired) electrons. The number of hydrogen-bond acceptors (Lipinski definition) is 2. The smallest absolute Gasteiger partial charge is 0.337 e. The highest BCUT2D eigenvalue weighted by atomic mass is 79.9. The van der Waals surface area contributed by atoms with Gasteiger partial charge in [0.2, 0.25) is 0 Å². The van der Waals surface area contributed by atoms with Gasteiger partial charge in [0, 0.05) is 10.0 Å². The fourth-order valence-corrected chi connectivity index (χ4v) is 1.47. The molecule has 0 heterocycles. The van der Waals surface area contributed by atoms with E-state index in [1.165, 1.54) is 0 Å². The summed E-state index contributed by atoms with van der Waals surface area (Å²) in [5.74, 6) is -1.24. The molecule has 1 rings (SSSR count). The molecule has 0 aromatic heterocycles. The van der Waals surface area contributed by atoms with Gasteiger partial charge in [-0.1, -0.05) is 33.6 Å². The van der Waals surface area contributed by atoms with Crippen molar-refractivity contribution in [1.29, 1.82) is 0 Å². The van der Waals surface area contributed by atoms with Crippen LogP contribution in [0.3, 0.4) is 0 Å². The number of halogens is 1. The third kappa shape index (κ3) is 2.29. The molecule has 1 aromatic rings. The van der Waals surface area contributed by atoms with Gasteiger partial charge in [-0.3, -0.25) is 0 Å². The van der Waals surface area contributed by atoms with E-state index in [9.17, 15) is 9.90 Å². The highest BCUT2D eigenvalue weighted by Gasteiger charge is 2.18. The topological polar surface area (TPSA) is 57.5 Å². The molecule has 0 saturated heterocycles. The second-order valence-electron chi connectivity index (χ2n) is 2.77. The fraction of sp³-hybridized carbons (Fsp3) is 0.222. The van der Waals surface area contributed by atoms with Crippen molar-refractivity contribution in [3.8, 4) is 0 Å². The van der Waals surface area contributed by atoms with E-state index in [2.05, 4.69) is 15.9 Å². The maximum atomic E-state index is 10.5. The van der Waals surface area contributed by atoms with Crippen LogP contribution in [-0.2, 0) is 4.79 Å². The number of aliphatic hydroxyl groups is 1. The van der Waals surface area contributed by atoms with Gasteiger partial charge in [-0.2, -0.15) is 0 Å². The minimum Gasteiger partial charge on any atom is -0.479 e. The normalized spacial score (nSPS) is 12.5. The zero-order chi connectivity index (χ0) is 10.0. The lowest BCUT2D eigenvalue weighted by atomic mass is 10.1. The lowest BCUT2D eigenvalue weighted by molar-refractivity contribution is -0.147. The van der Waals surface area contributed by atoms with Crippen molar-refractivity contribution >= 4 is 21.9 Å². The van der Waals surface area contributed by atoms with Crippen LogP contribution in [0, 0.1) is 6.92 Å². The lowest BCUT2D eigenvalue weighted by Gasteiger charge is -2.08. The van der Waals surface area contributed by atoms with Crippen LogP contribution in [0.15, 0.2) is 22.7 Å². The van der Waals surface area contributed by atoms with Crippen molar-refractivity contribution < 1.29 is 15.0 Å². The van der Waals surface area contributed by atoms with Gasteiger partial charge in [-0.25, -0.2) is 4.79 Å². The molecule has 4 heteroatoms. The van der Waals surface area contributed by atoms with Gasteiger partial charge in [0.1, 0.15) is 0 Å². The first-order valence-electron chi connectivity index (χ1n) is 3.69. The van der Waals surface area contributed by atoms with E-state index in [0.29, 0.717) is 10.0 Å². The largest absolute Gasteiger partial charge is 0.479 e. The Kier molecular flexibility index (Phi) is 3.06. The standard InChI is InChI=1S/C9H9BrO3/c1-5-2-3-7(10)6(4-5)8(11)9(12)13/h2-4,8,11H,1H3,(H,12,13)/t8-/m0/s1. The average Bonchev–Trinajstić information content (AvgIpc) is 2.08. The van der Waals surface area contributed by atoms with Crippen LogP contribution < -0.4 is 0 Å². The summed E-state index contributed by atoms with van der Waals surface area (Å²) in [6.45, 7) is 1.84. The summed E-state index contributed by atoms with van der Waals surface area (Å²) in [7, 11) is 0. The van der Waals surface area contributed by atoms with Crippen LogP contribution in [0.2, 0.25) is 0 Å². The number of carbonyl (C=O) groups is 1. The number of rotatable bonds is 2. The van der Waals surface area contributed by atoms with Crippen molar-refractivity contribution in [3.63, 3.8) is 0 Å². The minimum atomic E-state index is -1.46. The number of hydrogen-bond donors (Lipinski definition) is 2. The molecule has 70 valence electrons. The van der Waals surface area contributed by atoms with Crippen molar-refractivity contribution in [2.45, 2.75) is 13.0 Å². The fourth-order valence-electron chi connectivity index (χ4n) is 1.01. The molecular formula is C9H9BrO3. The summed E-state index contributed by atoms with van der Waals surface area (Å²) in [6.07, 6.45) is -1.46. The van der Waals surface area contributed by atoms with E-state index >= 15 is 0 Å². The third-order valence-electron chi connectivity index (χ3n) is 1.68. The van der Waals surface area contributed by atoms with Crippen molar-refractivity contribution in [1.82, 2.24) is 0 Å². The summed E-state index contributed by atoms with van der Waals surface area (Å²) < 4.78 is 0.605. The second-order valence-corrected chi connectivity index (χ2v) is 3.62. The summed E-state index contributed by atoms with van der Waals surface area (Å²) >= 11 is 3.18. The van der Waals surface area contributed by atoms with Gasteiger partial charge in [0.05, 0.1) is 0 Å². The molecule has 0 bridgehead atoms. The molecule has 1 atom stereocenters. The van der Waals surface area contributed by atoms with Crippen molar-refractivity contribution in [2.24, 2.45) is 0 Å². The Balaban J connectivity index is 3.12. The van der Waals surface area contributed by atoms with Crippen LogP contribution in [0.4, 0.5) is 0 Å². The third-order valence-corrected chi connectivity index (χ3v) is 2.40. The molecule has 13 heavy (non-hydrogen) atoms. The van der Waals surface area contributed by atoms with Gasteiger partial charge in [0.25, 0.3) is 0 Å². The Morgan fingerprint density at radius 2 is 2.15 bits per heavy atom. The molecule has 0 saturated carbocycles. The number of aliphatic carboxylic acids is 1. The maximum Gasteiger partial charge on any atom is 0.337 e. The molecular weight excluding hydrogens is 236 g/mol. The second kappa shape index (κ2) is 3.89. The maximum absolute atomic E-state index is 10.5. The van der Waals surface area contributed by atoms with Gasteiger partial charge in [0.15, 0.2) is 6.10 Å². The zero-order valence-electron chi connectivity index (χ0n) is 6.99. The minimum absolute atomic E-state index is 0.382. The van der Waals surface area contributed by atoms with E-state index in [4.69, 9.17) is 5.11 Å². The van der Waals surface area contributed by atoms with E-state index in [-0.39, 0.29) is 0 Å². The summed E-state index contributed by atoms with van der Waals surface area (Å²) in [4.78, 5) is 10.5. The summed E-state index contributed by atoms with van der Waals surface area (Å²) in [5.41, 5.74) is 1.30. The number of carboxylic acids is 1. The van der Waals surface area contributed by atoms with Gasteiger partial charge >= 0.3 is 5.97 Å². The molecule has 0 unspecified atom stereocenters. The van der Waals surface area contributed by atoms with Crippen molar-refractivity contribution in [2.75, 3.05) is 0 Å². The van der Waals surface area contributed by atoms with Crippen LogP contribution in [0.5, 0.6) is 0 Å². The Hall–Kier alpha value is -0.870. The van der Waals surface area contributed by atoms with Crippen LogP contribution in [0.25, 0.3) is 0 Å². The van der Waals surface area contributed by atoms with Crippen molar-refractivity contribution in [3.05, 3.63) is 33.8 Å². The first-order valence-corrected chi connectivity index (χ1v) is 4.48. The van der Waals surface area contributed by atoms with E-state index in [0.717, 1.165) is 5.56 Å². The highest BCUT2D eigenvalue weighted by Crippen LogP contribution is 2.24. The Morgan fingerprint density at radius 1 is 1.54 bits per heavy atom. The van der Waals surface area contributed by atoms with E-state index < -0.39 is 12.1 Å². The monoisotopic (exact) mass is 244 g/mol. The lowest BCUT2D eigenvalue weighted by Crippen LogP contribution is -2.11. The number of aryl methyl sites for hydroxylation is 1. The van der Waals surface area contributed by atoms with E-state index in [1.54, 1.807) is 12.1 Å². The number of benzene rings is 1. The molecule has 0 aliphatic heterocycles. The first kappa shape index (κ1) is 10.2. The Labute approximate surface area is 84.1 Å². The van der Waals surface area contributed by atoms with Crippen LogP contribution in [0.1, 0.15) is 17.2 Å². The molecule has 2 N–H and O–H groups in total. The molecule has 3 nitrogen and oxygen atoms in total. The quantitative estimate of drug-likeness (QED) is 0.836. The van der Waals surface area contributed by atoms with Gasteiger partial charge < -0.3 is 10.2 Å². The van der Waals surface area contributed by atoms with E-state index in [1.807, 2.05) is 13.0 Å². The zero-order valence-corrected chi connectivity index (χ0v) is 8.58. The summed E-state index contributed by atoms with van der Waals surface area (Å²) in [5, 5.41) is 17.9. The number of aliphatic hydroxyl groups excluding tert-OH is 1. The average molecular weight is 245 g/mol. The highest BCUT2D eigenvalue weighted by molar-refractivity contribution is 9.10. The Bertz CT molecular complexity index is 336. The van der Waals surface area contributed by atoms with Gasteiger partial charge in [-0.15, -0.1) is 0 Å².